The SMILES string of the molecule is N#CC(Cc1ccc(-c2ccc3nccn3c2)cc1F)NC(=O)C1CNCCCO1. The number of fused-ring (bicyclic) bond motifs is 1. The molecule has 1 amide bonds. The van der Waals surface area contributed by atoms with E-state index in [4.69, 9.17) is 4.74 Å². The quantitative estimate of drug-likeness (QED) is 0.676. The minimum atomic E-state index is -0.841. The van der Waals surface area contributed by atoms with Gasteiger partial charge in [0.25, 0.3) is 5.91 Å². The van der Waals surface area contributed by atoms with Crippen LogP contribution in [0.4, 0.5) is 4.39 Å². The summed E-state index contributed by atoms with van der Waals surface area (Å²) in [5.74, 6) is -0.776. The predicted octanol–water partition coefficient (Wildman–Crippen LogP) is 2.07. The van der Waals surface area contributed by atoms with Gasteiger partial charge < -0.3 is 19.8 Å². The highest BCUT2D eigenvalue weighted by atomic mass is 19.1. The standard InChI is InChI=1S/C22H22FN5O2/c23-19-11-15(17-4-5-21-26-7-8-28(21)14-17)2-3-16(19)10-18(12-24)27-22(29)20-13-25-6-1-9-30-20/h2-5,7-8,11,14,18,20,25H,1,6,9-10,13H2,(H,27,29). The van der Waals surface area contributed by atoms with Crippen molar-refractivity contribution >= 4 is 11.6 Å². The van der Waals surface area contributed by atoms with Crippen molar-refractivity contribution in [3.63, 3.8) is 0 Å². The fraction of sp³-hybridized carbons (Fsp3) is 0.318. The van der Waals surface area contributed by atoms with Crippen LogP contribution in [-0.4, -0.2) is 47.1 Å². The average Bonchev–Trinajstić information content (AvgIpc) is 3.05. The largest absolute Gasteiger partial charge is 0.367 e. The van der Waals surface area contributed by atoms with Crippen molar-refractivity contribution in [2.24, 2.45) is 0 Å². The first-order valence-corrected chi connectivity index (χ1v) is 9.88. The van der Waals surface area contributed by atoms with Crippen molar-refractivity contribution in [2.75, 3.05) is 19.7 Å². The number of carbonyl (C=O) groups excluding carboxylic acids is 1. The molecule has 30 heavy (non-hydrogen) atoms. The summed E-state index contributed by atoms with van der Waals surface area (Å²) in [6.45, 7) is 1.67. The number of nitrogens with zero attached hydrogens (tertiary/aromatic N) is 3. The van der Waals surface area contributed by atoms with Crippen LogP contribution >= 0.6 is 0 Å². The van der Waals surface area contributed by atoms with E-state index in [1.165, 1.54) is 6.07 Å². The molecule has 0 bridgehead atoms. The molecule has 2 atom stereocenters. The number of aromatic nitrogens is 2. The smallest absolute Gasteiger partial charge is 0.251 e. The van der Waals surface area contributed by atoms with E-state index in [0.29, 0.717) is 18.7 Å². The lowest BCUT2D eigenvalue weighted by molar-refractivity contribution is -0.132. The Morgan fingerprint density at radius 2 is 2.27 bits per heavy atom. The van der Waals surface area contributed by atoms with Gasteiger partial charge >= 0.3 is 0 Å². The van der Waals surface area contributed by atoms with Crippen LogP contribution in [0, 0.1) is 17.1 Å². The first-order valence-electron chi connectivity index (χ1n) is 9.88. The lowest BCUT2D eigenvalue weighted by Gasteiger charge is -2.18. The number of hydrogen-bond donors (Lipinski definition) is 2. The lowest BCUT2D eigenvalue weighted by Crippen LogP contribution is -2.46. The van der Waals surface area contributed by atoms with Crippen LogP contribution in [-0.2, 0) is 16.0 Å². The number of benzene rings is 1. The molecule has 3 aromatic rings. The number of rotatable bonds is 5. The number of halogens is 1. The predicted molar refractivity (Wildman–Crippen MR) is 109 cm³/mol. The first-order chi connectivity index (χ1) is 14.6. The van der Waals surface area contributed by atoms with Gasteiger partial charge in [0.05, 0.1) is 6.07 Å². The van der Waals surface area contributed by atoms with E-state index in [9.17, 15) is 14.4 Å². The second-order valence-electron chi connectivity index (χ2n) is 7.23. The molecule has 3 heterocycles. The summed E-state index contributed by atoms with van der Waals surface area (Å²) in [7, 11) is 0. The Hall–Kier alpha value is -3.28. The van der Waals surface area contributed by atoms with Gasteiger partial charge in [-0.05, 0) is 47.9 Å². The number of hydrogen-bond acceptors (Lipinski definition) is 5. The van der Waals surface area contributed by atoms with Gasteiger partial charge in [-0.25, -0.2) is 9.37 Å². The van der Waals surface area contributed by atoms with Gasteiger partial charge in [-0.2, -0.15) is 5.26 Å². The van der Waals surface area contributed by atoms with Gasteiger partial charge in [0, 0.05) is 38.2 Å². The molecule has 1 aliphatic rings. The van der Waals surface area contributed by atoms with E-state index in [2.05, 4.69) is 15.6 Å². The summed E-state index contributed by atoms with van der Waals surface area (Å²) >= 11 is 0. The molecule has 0 aliphatic carbocycles. The number of nitrogens with one attached hydrogen (secondary N) is 2. The average molecular weight is 407 g/mol. The van der Waals surface area contributed by atoms with Crippen LogP contribution in [0.2, 0.25) is 0 Å². The molecule has 0 spiro atoms. The van der Waals surface area contributed by atoms with E-state index < -0.39 is 18.0 Å². The second kappa shape index (κ2) is 9.03. The molecule has 4 rings (SSSR count). The van der Waals surface area contributed by atoms with Crippen LogP contribution in [0.1, 0.15) is 12.0 Å². The second-order valence-corrected chi connectivity index (χ2v) is 7.23. The molecule has 1 saturated heterocycles. The number of imidazole rings is 1. The fourth-order valence-corrected chi connectivity index (χ4v) is 3.48. The summed E-state index contributed by atoms with van der Waals surface area (Å²) in [4.78, 5) is 16.6. The van der Waals surface area contributed by atoms with Gasteiger partial charge in [0.2, 0.25) is 0 Å². The highest BCUT2D eigenvalue weighted by Crippen LogP contribution is 2.23. The van der Waals surface area contributed by atoms with Crippen molar-refractivity contribution in [3.05, 3.63) is 60.3 Å². The summed E-state index contributed by atoms with van der Waals surface area (Å²) in [6, 6.07) is 9.87. The zero-order chi connectivity index (χ0) is 20.9. The summed E-state index contributed by atoms with van der Waals surface area (Å²) < 4.78 is 22.1. The monoisotopic (exact) mass is 407 g/mol. The van der Waals surface area contributed by atoms with Crippen LogP contribution in [0.5, 0.6) is 0 Å². The Morgan fingerprint density at radius 1 is 1.40 bits per heavy atom. The molecule has 1 aliphatic heterocycles. The third-order valence-corrected chi connectivity index (χ3v) is 5.11. The summed E-state index contributed by atoms with van der Waals surface area (Å²) in [6.07, 6.45) is 5.68. The Bertz CT molecular complexity index is 1080. The Morgan fingerprint density at radius 3 is 3.10 bits per heavy atom. The van der Waals surface area contributed by atoms with E-state index >= 15 is 0 Å². The maximum Gasteiger partial charge on any atom is 0.251 e. The van der Waals surface area contributed by atoms with Gasteiger partial charge in [0.1, 0.15) is 23.6 Å². The maximum absolute atomic E-state index is 14.8. The van der Waals surface area contributed by atoms with Crippen LogP contribution in [0.15, 0.2) is 48.9 Å². The van der Waals surface area contributed by atoms with Crippen molar-refractivity contribution in [2.45, 2.75) is 25.0 Å². The third kappa shape index (κ3) is 4.48. The van der Waals surface area contributed by atoms with Crippen LogP contribution in [0.25, 0.3) is 16.8 Å². The Balaban J connectivity index is 1.45. The summed E-state index contributed by atoms with van der Waals surface area (Å²) in [5.41, 5.74) is 2.77. The molecule has 0 radical (unpaired) electrons. The molecule has 2 N–H and O–H groups in total. The molecular formula is C22H22FN5O2. The minimum Gasteiger partial charge on any atom is -0.367 e. The normalized spacial score (nSPS) is 17.8. The molecule has 1 aromatic carbocycles. The van der Waals surface area contributed by atoms with Gasteiger partial charge in [0.15, 0.2) is 0 Å². The fourth-order valence-electron chi connectivity index (χ4n) is 3.48. The number of carbonyl (C=O) groups is 1. The molecule has 8 heteroatoms. The van der Waals surface area contributed by atoms with Crippen molar-refractivity contribution in [1.29, 1.82) is 5.26 Å². The number of ether oxygens (including phenoxy) is 1. The lowest BCUT2D eigenvalue weighted by atomic mass is 10.0. The zero-order valence-electron chi connectivity index (χ0n) is 16.3. The Kier molecular flexibility index (Phi) is 6.02. The third-order valence-electron chi connectivity index (χ3n) is 5.11. The molecule has 2 unspecified atom stereocenters. The van der Waals surface area contributed by atoms with Gasteiger partial charge in [-0.1, -0.05) is 12.1 Å². The van der Waals surface area contributed by atoms with Gasteiger partial charge in [-0.3, -0.25) is 4.79 Å². The molecule has 7 nitrogen and oxygen atoms in total. The molecule has 0 saturated carbocycles. The molecule has 1 fully saturated rings. The summed E-state index contributed by atoms with van der Waals surface area (Å²) in [5, 5.41) is 15.2. The van der Waals surface area contributed by atoms with Crippen LogP contribution < -0.4 is 10.6 Å². The number of nitriles is 1. The minimum absolute atomic E-state index is 0.0784. The van der Waals surface area contributed by atoms with Crippen molar-refractivity contribution in [1.82, 2.24) is 20.0 Å². The number of amides is 1. The van der Waals surface area contributed by atoms with Gasteiger partial charge in [-0.15, -0.1) is 0 Å². The highest BCUT2D eigenvalue weighted by Gasteiger charge is 2.24. The van der Waals surface area contributed by atoms with E-state index in [1.54, 1.807) is 12.3 Å². The van der Waals surface area contributed by atoms with Crippen molar-refractivity contribution in [3.8, 4) is 17.2 Å². The van der Waals surface area contributed by atoms with Crippen LogP contribution in [0.3, 0.4) is 0 Å². The van der Waals surface area contributed by atoms with E-state index in [0.717, 1.165) is 29.7 Å². The highest BCUT2D eigenvalue weighted by molar-refractivity contribution is 5.81. The first kappa shape index (κ1) is 20.0. The van der Waals surface area contributed by atoms with E-state index in [-0.39, 0.29) is 12.3 Å². The topological polar surface area (TPSA) is 91.5 Å². The zero-order valence-corrected chi connectivity index (χ0v) is 16.3. The maximum atomic E-state index is 14.8. The molecular weight excluding hydrogens is 385 g/mol. The van der Waals surface area contributed by atoms with Crippen molar-refractivity contribution < 1.29 is 13.9 Å². The number of pyridine rings is 1. The molecule has 154 valence electrons. The Labute approximate surface area is 173 Å². The van der Waals surface area contributed by atoms with E-state index in [1.807, 2.05) is 41.1 Å². The molecule has 2 aromatic heterocycles.